The summed E-state index contributed by atoms with van der Waals surface area (Å²) in [6, 6.07) is 9.78. The second-order valence-corrected chi connectivity index (χ2v) is 17.4. The Hall–Kier alpha value is -2.88. The van der Waals surface area contributed by atoms with E-state index in [1.54, 1.807) is 48.5 Å². The minimum Gasteiger partial charge on any atom is -0.461 e. The van der Waals surface area contributed by atoms with E-state index in [-0.39, 0.29) is 18.7 Å². The predicted molar refractivity (Wildman–Crippen MR) is 175 cm³/mol. The van der Waals surface area contributed by atoms with Crippen molar-refractivity contribution in [2.75, 3.05) is 6.61 Å². The Balaban J connectivity index is 0.00000167. The summed E-state index contributed by atoms with van der Waals surface area (Å²) in [5.41, 5.74) is -4.11. The van der Waals surface area contributed by atoms with E-state index >= 15 is 0 Å². The lowest BCUT2D eigenvalue weighted by atomic mass is 9.39. The highest BCUT2D eigenvalue weighted by Crippen LogP contribution is 2.70. The van der Waals surface area contributed by atoms with Gasteiger partial charge in [0.1, 0.15) is 12.2 Å². The molecular weight excluding hydrogens is 616 g/mol. The van der Waals surface area contributed by atoms with Crippen LogP contribution in [-0.2, 0) is 33.4 Å². The lowest BCUT2D eigenvalue weighted by Gasteiger charge is -2.70. The third-order valence-corrected chi connectivity index (χ3v) is 11.9. The number of carbonyl (C=O) groups excluding carboxylic acids is 4. The van der Waals surface area contributed by atoms with Gasteiger partial charge < -0.3 is 29.5 Å². The first-order chi connectivity index (χ1) is 21.9. The Morgan fingerprint density at radius 2 is 1.44 bits per heavy atom. The van der Waals surface area contributed by atoms with Gasteiger partial charge >= 0.3 is 18.1 Å². The molecule has 1 aromatic carbocycles. The molecule has 10 heteroatoms. The highest BCUT2D eigenvalue weighted by molar-refractivity contribution is 5.76. The van der Waals surface area contributed by atoms with E-state index in [4.69, 9.17) is 23.8 Å². The summed E-state index contributed by atoms with van der Waals surface area (Å²) in [5.74, 6) is -2.05. The van der Waals surface area contributed by atoms with Crippen molar-refractivity contribution >= 4 is 18.1 Å². The molecule has 1 heterocycles. The molecule has 1 aromatic rings. The maximum Gasteiger partial charge on any atom is 0.373 e. The van der Waals surface area contributed by atoms with Crippen molar-refractivity contribution in [3.8, 4) is 0 Å². The summed E-state index contributed by atoms with van der Waals surface area (Å²) in [4.78, 5) is 43.5. The summed E-state index contributed by atoms with van der Waals surface area (Å²) in [6.07, 6.45) is -4.06. The summed E-state index contributed by atoms with van der Waals surface area (Å²) in [6.45, 7) is 20.7. The van der Waals surface area contributed by atoms with E-state index in [9.17, 15) is 24.9 Å². The van der Waals surface area contributed by atoms with Crippen LogP contribution in [0.2, 0.25) is 0 Å². The SMILES string of the molecule is CC1=C2[C@@H](OC(=O)C(C)(C)C)[C@H](O)[C@@]3(C)C([C@H](c4ccccc4)[C@](O)(C[C@@H]1O)C2(C)C)[C@]1(C)CO[C@@H]1C[C@@H]3OC(=O)C(C)(C)C.O=C=O. The van der Waals surface area contributed by atoms with E-state index in [1.807, 2.05) is 51.1 Å². The van der Waals surface area contributed by atoms with Crippen molar-refractivity contribution in [3.63, 3.8) is 0 Å². The van der Waals surface area contributed by atoms with Gasteiger partial charge in [0.2, 0.25) is 0 Å². The van der Waals surface area contributed by atoms with Crippen LogP contribution in [0.15, 0.2) is 41.5 Å². The van der Waals surface area contributed by atoms with Gasteiger partial charge in [-0.25, -0.2) is 0 Å². The van der Waals surface area contributed by atoms with Crippen LogP contribution in [0.3, 0.4) is 0 Å². The first-order valence-electron chi connectivity index (χ1n) is 16.8. The van der Waals surface area contributed by atoms with E-state index in [0.717, 1.165) is 5.56 Å². The average Bonchev–Trinajstić information content (AvgIpc) is 2.97. The lowest BCUT2D eigenvalue weighted by molar-refractivity contribution is -0.322. The monoisotopic (exact) mass is 670 g/mol. The molecule has 3 N–H and O–H groups in total. The highest BCUT2D eigenvalue weighted by atomic mass is 16.6. The molecule has 48 heavy (non-hydrogen) atoms. The Kier molecular flexibility index (Phi) is 9.85. The van der Waals surface area contributed by atoms with Gasteiger partial charge in [0.05, 0.1) is 35.2 Å². The normalized spacial score (nSPS) is 38.7. The van der Waals surface area contributed by atoms with Crippen molar-refractivity contribution in [2.24, 2.45) is 33.0 Å². The van der Waals surface area contributed by atoms with Crippen LogP contribution >= 0.6 is 0 Å². The van der Waals surface area contributed by atoms with Crippen LogP contribution in [-0.4, -0.2) is 76.1 Å². The van der Waals surface area contributed by atoms with Crippen LogP contribution in [0.5, 0.6) is 0 Å². The van der Waals surface area contributed by atoms with Gasteiger partial charge in [0.15, 0.2) is 6.10 Å². The first kappa shape index (κ1) is 37.9. The average molecular weight is 671 g/mol. The van der Waals surface area contributed by atoms with Crippen molar-refractivity contribution in [2.45, 2.75) is 131 Å². The zero-order valence-electron chi connectivity index (χ0n) is 30.2. The summed E-state index contributed by atoms with van der Waals surface area (Å²) >= 11 is 0. The topological polar surface area (TPSA) is 157 Å². The Labute approximate surface area is 284 Å². The largest absolute Gasteiger partial charge is 0.461 e. The summed E-state index contributed by atoms with van der Waals surface area (Å²) < 4.78 is 18.9. The molecule has 3 fully saturated rings. The molecule has 3 aliphatic carbocycles. The number of rotatable bonds is 3. The molecule has 2 bridgehead atoms. The molecule has 0 spiro atoms. The zero-order valence-corrected chi connectivity index (χ0v) is 30.2. The van der Waals surface area contributed by atoms with Crippen LogP contribution in [0, 0.1) is 33.0 Å². The number of hydrogen-bond acceptors (Lipinski definition) is 10. The molecule has 1 aliphatic heterocycles. The van der Waals surface area contributed by atoms with Gasteiger partial charge in [-0.2, -0.15) is 9.59 Å². The number of benzene rings is 1. The van der Waals surface area contributed by atoms with Crippen LogP contribution in [0.25, 0.3) is 0 Å². The fourth-order valence-electron chi connectivity index (χ4n) is 9.05. The number of carbonyl (C=O) groups is 2. The molecular formula is C38H54O10. The van der Waals surface area contributed by atoms with Crippen LogP contribution in [0.4, 0.5) is 0 Å². The number of hydrogen-bond donors (Lipinski definition) is 3. The van der Waals surface area contributed by atoms with Crippen molar-refractivity contribution in [1.29, 1.82) is 0 Å². The third kappa shape index (κ3) is 5.77. The molecule has 10 nitrogen and oxygen atoms in total. The third-order valence-electron chi connectivity index (χ3n) is 11.9. The van der Waals surface area contributed by atoms with Crippen LogP contribution in [0.1, 0.15) is 100 Å². The molecule has 1 unspecified atom stereocenters. The smallest absolute Gasteiger partial charge is 0.373 e. The van der Waals surface area contributed by atoms with Crippen molar-refractivity contribution in [3.05, 3.63) is 47.0 Å². The van der Waals surface area contributed by atoms with Gasteiger partial charge in [0, 0.05) is 35.0 Å². The number of esters is 2. The second kappa shape index (κ2) is 12.5. The Morgan fingerprint density at radius 1 is 0.917 bits per heavy atom. The van der Waals surface area contributed by atoms with Gasteiger partial charge in [-0.05, 0) is 71.1 Å². The maximum absolute atomic E-state index is 13.7. The Morgan fingerprint density at radius 3 is 1.92 bits per heavy atom. The Bertz CT molecular complexity index is 1460. The number of aliphatic hydroxyl groups is 3. The van der Waals surface area contributed by atoms with Crippen molar-refractivity contribution in [1.82, 2.24) is 0 Å². The summed E-state index contributed by atoms with van der Waals surface area (Å²) in [7, 11) is 0. The van der Waals surface area contributed by atoms with Gasteiger partial charge in [-0.15, -0.1) is 0 Å². The number of ether oxygens (including phenoxy) is 3. The molecule has 1 saturated heterocycles. The van der Waals surface area contributed by atoms with Crippen molar-refractivity contribution < 1.29 is 48.7 Å². The molecule has 0 radical (unpaired) electrons. The molecule has 10 atom stereocenters. The van der Waals surface area contributed by atoms with E-state index in [0.29, 0.717) is 24.2 Å². The van der Waals surface area contributed by atoms with Gasteiger partial charge in [-0.1, -0.05) is 58.0 Å². The zero-order chi connectivity index (χ0) is 36.4. The number of aliphatic hydroxyl groups excluding tert-OH is 2. The molecule has 266 valence electrons. The summed E-state index contributed by atoms with van der Waals surface area (Å²) in [5, 5.41) is 38.0. The first-order valence-corrected chi connectivity index (χ1v) is 16.8. The molecule has 5 rings (SSSR count). The molecule has 0 aromatic heterocycles. The lowest BCUT2D eigenvalue weighted by Crippen LogP contribution is -2.76. The molecule has 2 saturated carbocycles. The predicted octanol–water partition coefficient (Wildman–Crippen LogP) is 4.75. The minimum absolute atomic E-state index is 0.0472. The maximum atomic E-state index is 13.7. The van der Waals surface area contributed by atoms with Gasteiger partial charge in [-0.3, -0.25) is 9.59 Å². The molecule has 0 amide bonds. The standard InChI is InChI=1S/C37H54O8.CO2/c1-20-22(38)18-37(42)26(21-15-13-12-14-16-21)28-35(10)19-43-23(35)17-24(44-30(40)32(2,3)4)36(28,11)29(39)27(25(20)34(37,8)9)45-31(41)33(5,6)7;2-1-3/h12-16,22-24,26-29,38-39,42H,17-19H2,1-11H3;/t22-,23+,24-,26-,27+,28?,29-,35+,36+,37+;/m0./s1. The van der Waals surface area contributed by atoms with Crippen LogP contribution < -0.4 is 0 Å². The quantitative estimate of drug-likeness (QED) is 0.303. The fourth-order valence-corrected chi connectivity index (χ4v) is 9.05. The van der Waals surface area contributed by atoms with E-state index in [1.165, 1.54) is 0 Å². The fraction of sp³-hybridized carbons (Fsp3) is 0.711. The molecule has 4 aliphatic rings. The minimum atomic E-state index is -1.56. The van der Waals surface area contributed by atoms with E-state index < -0.39 is 80.9 Å². The number of fused-ring (bicyclic) bond motifs is 5. The van der Waals surface area contributed by atoms with E-state index in [2.05, 4.69) is 6.92 Å². The highest BCUT2D eigenvalue weighted by Gasteiger charge is 2.75. The van der Waals surface area contributed by atoms with Gasteiger partial charge in [0.25, 0.3) is 0 Å². The second-order valence-electron chi connectivity index (χ2n) is 17.4.